The fourth-order valence-electron chi connectivity index (χ4n) is 4.62. The van der Waals surface area contributed by atoms with Crippen LogP contribution in [-0.2, 0) is 16.1 Å². The lowest BCUT2D eigenvalue weighted by Crippen LogP contribution is -2.35. The van der Waals surface area contributed by atoms with Gasteiger partial charge in [-0.25, -0.2) is 4.79 Å². The number of para-hydroxylation sites is 2. The van der Waals surface area contributed by atoms with E-state index in [1.54, 1.807) is 0 Å². The van der Waals surface area contributed by atoms with Gasteiger partial charge < -0.3 is 35.3 Å². The molecule has 0 aliphatic carbocycles. The zero-order valence-electron chi connectivity index (χ0n) is 25.2. The maximum Gasteiger partial charge on any atom is 0.323 e. The molecule has 3 aromatic rings. The number of fused-ring (bicyclic) bond motifs is 1. The quantitative estimate of drug-likeness (QED) is 0.125. The fraction of sp³-hybridized carbons (Fsp3) is 0.400. The molecule has 228 valence electrons. The highest BCUT2D eigenvalue weighted by Gasteiger charge is 2.27. The Kier molecular flexibility index (Phi) is 12.4. The minimum Gasteiger partial charge on any atom is -0.463 e. The maximum absolute atomic E-state index is 12.3. The van der Waals surface area contributed by atoms with Crippen LogP contribution < -0.4 is 20.7 Å². The van der Waals surface area contributed by atoms with Gasteiger partial charge in [0.15, 0.2) is 0 Å². The Morgan fingerprint density at radius 3 is 2.63 bits per heavy atom. The van der Waals surface area contributed by atoms with Gasteiger partial charge in [-0.05, 0) is 61.3 Å². The normalized spacial score (nSPS) is 14.0. The zero-order chi connectivity index (χ0) is 30.3. The maximum atomic E-state index is 12.3. The molecule has 0 spiro atoms. The Morgan fingerprint density at radius 1 is 0.977 bits per heavy atom. The number of hydrogen-bond donors (Lipinski definition) is 4. The number of carbonyl (C=O) groups is 1. The van der Waals surface area contributed by atoms with Crippen molar-refractivity contribution in [2.24, 2.45) is 0 Å². The van der Waals surface area contributed by atoms with Crippen molar-refractivity contribution in [3.63, 3.8) is 0 Å². The van der Waals surface area contributed by atoms with E-state index in [1.807, 2.05) is 86.6 Å². The number of benzene rings is 3. The molecular formula is C35H43N3O5. The van der Waals surface area contributed by atoms with Crippen LogP contribution in [-0.4, -0.2) is 43.2 Å². The summed E-state index contributed by atoms with van der Waals surface area (Å²) in [5.41, 5.74) is 4.00. The highest BCUT2D eigenvalue weighted by atomic mass is 16.7. The van der Waals surface area contributed by atoms with Crippen LogP contribution in [0.25, 0.3) is 0 Å². The van der Waals surface area contributed by atoms with E-state index in [0.29, 0.717) is 38.5 Å². The summed E-state index contributed by atoms with van der Waals surface area (Å²) < 4.78 is 17.3. The number of ether oxygens (including phenoxy) is 3. The van der Waals surface area contributed by atoms with Crippen molar-refractivity contribution in [2.75, 3.05) is 36.9 Å². The van der Waals surface area contributed by atoms with Gasteiger partial charge in [-0.1, -0.05) is 61.1 Å². The molecule has 0 bridgehead atoms. The predicted molar refractivity (Wildman–Crippen MR) is 170 cm³/mol. The van der Waals surface area contributed by atoms with E-state index in [1.165, 1.54) is 0 Å². The summed E-state index contributed by atoms with van der Waals surface area (Å²) in [6.45, 7) is 6.94. The average molecular weight is 586 g/mol. The first-order valence-electron chi connectivity index (χ1n) is 15.0. The Balaban J connectivity index is 1.02. The van der Waals surface area contributed by atoms with E-state index < -0.39 is 11.9 Å². The number of urea groups is 1. The van der Waals surface area contributed by atoms with Crippen LogP contribution >= 0.6 is 0 Å². The van der Waals surface area contributed by atoms with Crippen LogP contribution in [0.5, 0.6) is 5.75 Å². The predicted octanol–water partition coefficient (Wildman–Crippen LogP) is 6.62. The number of amides is 2. The number of aliphatic hydroxyl groups excluding tert-OH is 1. The molecule has 0 unspecified atom stereocenters. The number of nitrogens with one attached hydrogen (secondary N) is 3. The summed E-state index contributed by atoms with van der Waals surface area (Å²) in [7, 11) is 0. The van der Waals surface area contributed by atoms with Crippen molar-refractivity contribution < 1.29 is 24.1 Å². The monoisotopic (exact) mass is 585 g/mol. The first-order valence-corrected chi connectivity index (χ1v) is 15.0. The van der Waals surface area contributed by atoms with E-state index in [-0.39, 0.29) is 6.03 Å². The van der Waals surface area contributed by atoms with Gasteiger partial charge in [-0.15, -0.1) is 0 Å². The SMILES string of the molecule is CC1(C)OCc2cc([C@H](O)CNCCCCCCOCCC#Cc3ccccc3NC(=O)Nc3ccccc3)ccc2O1. The summed E-state index contributed by atoms with van der Waals surface area (Å²) in [6, 6.07) is 22.3. The molecule has 0 saturated heterocycles. The zero-order valence-corrected chi connectivity index (χ0v) is 25.2. The van der Waals surface area contributed by atoms with Crippen LogP contribution in [0, 0.1) is 11.8 Å². The number of hydrogen-bond acceptors (Lipinski definition) is 6. The van der Waals surface area contributed by atoms with Gasteiger partial charge in [0.05, 0.1) is 25.0 Å². The summed E-state index contributed by atoms with van der Waals surface area (Å²) in [5, 5.41) is 19.6. The van der Waals surface area contributed by atoms with Crippen LogP contribution in [0.2, 0.25) is 0 Å². The lowest BCUT2D eigenvalue weighted by molar-refractivity contribution is -0.180. The number of unbranched alkanes of at least 4 members (excludes halogenated alkanes) is 3. The van der Waals surface area contributed by atoms with Crippen molar-refractivity contribution >= 4 is 17.4 Å². The molecule has 0 aromatic heterocycles. The Labute approximate surface area is 255 Å². The van der Waals surface area contributed by atoms with E-state index >= 15 is 0 Å². The van der Waals surface area contributed by atoms with Gasteiger partial charge in [0, 0.05) is 50.2 Å². The molecule has 0 fully saturated rings. The lowest BCUT2D eigenvalue weighted by atomic mass is 10.0. The molecule has 8 heteroatoms. The van der Waals surface area contributed by atoms with E-state index in [9.17, 15) is 9.90 Å². The summed E-state index contributed by atoms with van der Waals surface area (Å²) in [6.07, 6.45) is 4.32. The second-order valence-corrected chi connectivity index (χ2v) is 10.9. The number of rotatable bonds is 14. The van der Waals surface area contributed by atoms with Gasteiger partial charge in [-0.3, -0.25) is 0 Å². The topological polar surface area (TPSA) is 101 Å². The van der Waals surface area contributed by atoms with Gasteiger partial charge in [0.2, 0.25) is 5.79 Å². The molecule has 3 aromatic carbocycles. The molecule has 43 heavy (non-hydrogen) atoms. The smallest absolute Gasteiger partial charge is 0.323 e. The molecule has 0 saturated carbocycles. The van der Waals surface area contributed by atoms with E-state index in [2.05, 4.69) is 27.8 Å². The number of carbonyl (C=O) groups excluding carboxylic acids is 1. The van der Waals surface area contributed by atoms with Gasteiger partial charge in [-0.2, -0.15) is 0 Å². The van der Waals surface area contributed by atoms with Crippen LogP contribution in [0.3, 0.4) is 0 Å². The second-order valence-electron chi connectivity index (χ2n) is 10.9. The van der Waals surface area contributed by atoms with Gasteiger partial charge in [0.1, 0.15) is 5.75 Å². The average Bonchev–Trinajstić information content (AvgIpc) is 3.00. The first kappa shape index (κ1) is 32.1. The molecule has 0 radical (unpaired) electrons. The third-order valence-electron chi connectivity index (χ3n) is 6.93. The van der Waals surface area contributed by atoms with Crippen molar-refractivity contribution in [1.82, 2.24) is 5.32 Å². The molecule has 1 aliphatic rings. The molecule has 1 heterocycles. The van der Waals surface area contributed by atoms with Crippen molar-refractivity contribution in [1.29, 1.82) is 0 Å². The minimum atomic E-state index is -0.618. The van der Waals surface area contributed by atoms with Crippen LogP contribution in [0.1, 0.15) is 68.7 Å². The third-order valence-corrected chi connectivity index (χ3v) is 6.93. The second kappa shape index (κ2) is 16.7. The number of aliphatic hydroxyl groups is 1. The molecule has 1 aliphatic heterocycles. The van der Waals surface area contributed by atoms with Gasteiger partial charge >= 0.3 is 6.03 Å². The van der Waals surface area contributed by atoms with Crippen molar-refractivity contribution in [2.45, 2.75) is 64.4 Å². The summed E-state index contributed by atoms with van der Waals surface area (Å²) >= 11 is 0. The minimum absolute atomic E-state index is 0.307. The molecular weight excluding hydrogens is 542 g/mol. The molecule has 4 N–H and O–H groups in total. The molecule has 8 nitrogen and oxygen atoms in total. The fourth-order valence-corrected chi connectivity index (χ4v) is 4.62. The largest absolute Gasteiger partial charge is 0.463 e. The van der Waals surface area contributed by atoms with Gasteiger partial charge in [0.25, 0.3) is 0 Å². The Bertz CT molecular complexity index is 1370. The third kappa shape index (κ3) is 11.0. The summed E-state index contributed by atoms with van der Waals surface area (Å²) in [4.78, 5) is 12.3. The van der Waals surface area contributed by atoms with Crippen molar-refractivity contribution in [3.05, 3.63) is 89.5 Å². The van der Waals surface area contributed by atoms with E-state index in [4.69, 9.17) is 14.2 Å². The van der Waals surface area contributed by atoms with E-state index in [0.717, 1.165) is 60.4 Å². The van der Waals surface area contributed by atoms with Crippen LogP contribution in [0.4, 0.5) is 16.2 Å². The molecule has 1 atom stereocenters. The first-order chi connectivity index (χ1) is 20.9. The van der Waals surface area contributed by atoms with Crippen LogP contribution in [0.15, 0.2) is 72.8 Å². The van der Waals surface area contributed by atoms with Crippen molar-refractivity contribution in [3.8, 4) is 17.6 Å². The highest BCUT2D eigenvalue weighted by Crippen LogP contribution is 2.32. The lowest BCUT2D eigenvalue weighted by Gasteiger charge is -2.33. The Morgan fingerprint density at radius 2 is 1.77 bits per heavy atom. The Hall–Kier alpha value is -3.87. The number of anilines is 2. The molecule has 4 rings (SSSR count). The summed E-state index contributed by atoms with van der Waals surface area (Å²) in [5.74, 6) is 6.48. The standard InChI is InChI=1S/C35H43N3O5/c1-35(2)42-26-29-24-28(19-20-33(29)43-35)32(39)25-36-21-11-3-4-12-22-41-23-13-10-15-27-14-8-9-18-31(27)38-34(40)37-30-16-6-5-7-17-30/h5-9,14,16-20,24,32,36,39H,3-4,11-13,21-23,25-26H2,1-2H3,(H2,37,38,40)/t32-/m1/s1. The molecule has 2 amide bonds. The highest BCUT2D eigenvalue weighted by molar-refractivity contribution is 6.00.